The summed E-state index contributed by atoms with van der Waals surface area (Å²) in [5.41, 5.74) is 0.347. The second-order valence-corrected chi connectivity index (χ2v) is 4.57. The molecule has 2 aromatic rings. The van der Waals surface area contributed by atoms with E-state index in [4.69, 9.17) is 0 Å². The molecule has 0 fully saturated rings. The van der Waals surface area contributed by atoms with Crippen LogP contribution in [0, 0.1) is 11.6 Å². The van der Waals surface area contributed by atoms with Gasteiger partial charge in [0.25, 0.3) is 0 Å². The maximum atomic E-state index is 13.6. The Balaban J connectivity index is 2.35. The number of hydrogen-bond donors (Lipinski definition) is 1. The van der Waals surface area contributed by atoms with Crippen LogP contribution in [0.2, 0.25) is 0 Å². The molecule has 0 bridgehead atoms. The third kappa shape index (κ3) is 2.78. The fourth-order valence-electron chi connectivity index (χ4n) is 2.02. The van der Waals surface area contributed by atoms with E-state index in [0.29, 0.717) is 17.2 Å². The maximum absolute atomic E-state index is 13.6. The van der Waals surface area contributed by atoms with E-state index in [-0.39, 0.29) is 19.1 Å². The normalized spacial score (nSPS) is 11.3. The van der Waals surface area contributed by atoms with Crippen molar-refractivity contribution in [2.24, 2.45) is 0 Å². The number of aliphatic hydroxyl groups is 1. The number of hydrogen-bond acceptors (Lipinski definition) is 3. The van der Waals surface area contributed by atoms with Crippen LogP contribution in [0.5, 0.6) is 0 Å². The van der Waals surface area contributed by atoms with Crippen LogP contribution in [0.4, 0.5) is 8.78 Å². The summed E-state index contributed by atoms with van der Waals surface area (Å²) in [6, 6.07) is 3.50. The van der Waals surface area contributed by atoms with Crippen molar-refractivity contribution in [3.63, 3.8) is 0 Å². The summed E-state index contributed by atoms with van der Waals surface area (Å²) in [4.78, 5) is 0. The molecule has 0 saturated heterocycles. The smallest absolute Gasteiger partial charge is 0.159 e. The highest BCUT2D eigenvalue weighted by Crippen LogP contribution is 2.17. The van der Waals surface area contributed by atoms with Gasteiger partial charge in [0.05, 0.1) is 0 Å². The molecule has 6 heteroatoms. The van der Waals surface area contributed by atoms with E-state index in [9.17, 15) is 13.9 Å². The number of aliphatic hydroxyl groups excluding tert-OH is 1. The Hall–Kier alpha value is -1.82. The lowest BCUT2D eigenvalue weighted by Gasteiger charge is -2.13. The monoisotopic (exact) mass is 267 g/mol. The first kappa shape index (κ1) is 13.6. The number of halogens is 2. The number of aromatic nitrogens is 3. The van der Waals surface area contributed by atoms with Crippen LogP contribution in [0.15, 0.2) is 18.2 Å². The number of nitrogens with zero attached hydrogens (tertiary/aromatic N) is 3. The van der Waals surface area contributed by atoms with Crippen molar-refractivity contribution in [2.45, 2.75) is 32.9 Å². The van der Waals surface area contributed by atoms with Gasteiger partial charge in [0, 0.05) is 18.5 Å². The van der Waals surface area contributed by atoms with Gasteiger partial charge in [-0.05, 0) is 25.5 Å². The number of benzene rings is 1. The van der Waals surface area contributed by atoms with Crippen LogP contribution in [0.3, 0.4) is 0 Å². The molecular weight excluding hydrogens is 252 g/mol. The largest absolute Gasteiger partial charge is 0.388 e. The topological polar surface area (TPSA) is 50.9 Å². The fourth-order valence-corrected chi connectivity index (χ4v) is 2.02. The van der Waals surface area contributed by atoms with Crippen molar-refractivity contribution >= 4 is 0 Å². The van der Waals surface area contributed by atoms with E-state index < -0.39 is 11.6 Å². The zero-order valence-electron chi connectivity index (χ0n) is 10.8. The molecule has 0 spiro atoms. The van der Waals surface area contributed by atoms with Crippen LogP contribution in [0.25, 0.3) is 0 Å². The summed E-state index contributed by atoms with van der Waals surface area (Å²) in [6.45, 7) is 3.62. The molecule has 2 rings (SSSR count). The van der Waals surface area contributed by atoms with Crippen molar-refractivity contribution in [2.75, 3.05) is 0 Å². The van der Waals surface area contributed by atoms with E-state index in [1.165, 1.54) is 12.1 Å². The molecule has 0 saturated carbocycles. The summed E-state index contributed by atoms with van der Waals surface area (Å²) in [6.07, 6.45) is 0.206. The first-order valence-electron chi connectivity index (χ1n) is 6.00. The van der Waals surface area contributed by atoms with Crippen LogP contribution in [-0.2, 0) is 13.0 Å². The Morgan fingerprint density at radius 1 is 1.21 bits per heavy atom. The first-order valence-corrected chi connectivity index (χ1v) is 6.00. The second kappa shape index (κ2) is 5.44. The van der Waals surface area contributed by atoms with Gasteiger partial charge in [-0.2, -0.15) is 0 Å². The number of rotatable bonds is 4. The van der Waals surface area contributed by atoms with Crippen molar-refractivity contribution in [1.29, 1.82) is 0 Å². The van der Waals surface area contributed by atoms with Crippen LogP contribution in [0.1, 0.15) is 37.1 Å². The minimum Gasteiger partial charge on any atom is -0.388 e. The lowest BCUT2D eigenvalue weighted by atomic mass is 10.1. The first-order chi connectivity index (χ1) is 9.02. The summed E-state index contributed by atoms with van der Waals surface area (Å²) >= 11 is 0. The molecule has 19 heavy (non-hydrogen) atoms. The average Bonchev–Trinajstić information content (AvgIpc) is 2.75. The van der Waals surface area contributed by atoms with E-state index in [2.05, 4.69) is 10.2 Å². The highest BCUT2D eigenvalue weighted by atomic mass is 19.1. The van der Waals surface area contributed by atoms with E-state index >= 15 is 0 Å². The van der Waals surface area contributed by atoms with Crippen molar-refractivity contribution in [1.82, 2.24) is 14.8 Å². The maximum Gasteiger partial charge on any atom is 0.159 e. The quantitative estimate of drug-likeness (QED) is 0.924. The minimum atomic E-state index is -0.609. The summed E-state index contributed by atoms with van der Waals surface area (Å²) in [7, 11) is 0. The fraction of sp³-hybridized carbons (Fsp3) is 0.385. The lowest BCUT2D eigenvalue weighted by Crippen LogP contribution is -2.11. The van der Waals surface area contributed by atoms with Gasteiger partial charge in [-0.15, -0.1) is 10.2 Å². The molecule has 0 aliphatic carbocycles. The minimum absolute atomic E-state index is 0.0515. The van der Waals surface area contributed by atoms with Crippen LogP contribution < -0.4 is 0 Å². The molecule has 0 atom stereocenters. The van der Waals surface area contributed by atoms with Gasteiger partial charge >= 0.3 is 0 Å². The average molecular weight is 267 g/mol. The van der Waals surface area contributed by atoms with Gasteiger partial charge in [0.2, 0.25) is 0 Å². The zero-order chi connectivity index (χ0) is 14.0. The molecule has 0 aliphatic heterocycles. The standard InChI is InChI=1S/C13H15F2N3O/c1-8(2)18-12(16-17-13(18)7-19)5-9-3-4-10(14)6-11(9)15/h3-4,6,8,19H,5,7H2,1-2H3. The highest BCUT2D eigenvalue weighted by Gasteiger charge is 2.16. The molecular formula is C13H15F2N3O. The van der Waals surface area contributed by atoms with Gasteiger partial charge in [-0.25, -0.2) is 8.78 Å². The summed E-state index contributed by atoms with van der Waals surface area (Å²) < 4.78 is 28.2. The molecule has 1 aromatic heterocycles. The molecule has 1 aromatic carbocycles. The Morgan fingerprint density at radius 2 is 1.89 bits per heavy atom. The molecule has 0 unspecified atom stereocenters. The Labute approximate surface area is 109 Å². The van der Waals surface area contributed by atoms with Gasteiger partial charge in [0.15, 0.2) is 5.82 Å². The van der Waals surface area contributed by atoms with Gasteiger partial charge in [-0.1, -0.05) is 6.07 Å². The Morgan fingerprint density at radius 3 is 2.47 bits per heavy atom. The molecule has 1 heterocycles. The Bertz CT molecular complexity index is 581. The van der Waals surface area contributed by atoms with Crippen LogP contribution >= 0.6 is 0 Å². The van der Waals surface area contributed by atoms with Crippen LogP contribution in [-0.4, -0.2) is 19.9 Å². The molecule has 102 valence electrons. The van der Waals surface area contributed by atoms with Crippen molar-refractivity contribution in [3.05, 3.63) is 47.0 Å². The highest BCUT2D eigenvalue weighted by molar-refractivity contribution is 5.22. The van der Waals surface area contributed by atoms with E-state index in [1.807, 2.05) is 13.8 Å². The van der Waals surface area contributed by atoms with Crippen molar-refractivity contribution < 1.29 is 13.9 Å². The SMILES string of the molecule is CC(C)n1c(CO)nnc1Cc1ccc(F)cc1F. The molecule has 0 amide bonds. The lowest BCUT2D eigenvalue weighted by molar-refractivity contribution is 0.261. The third-order valence-electron chi connectivity index (χ3n) is 2.86. The Kier molecular flexibility index (Phi) is 3.90. The van der Waals surface area contributed by atoms with Crippen molar-refractivity contribution in [3.8, 4) is 0 Å². The van der Waals surface area contributed by atoms with Gasteiger partial charge in [-0.3, -0.25) is 0 Å². The summed E-state index contributed by atoms with van der Waals surface area (Å²) in [5.74, 6) is -0.233. The molecule has 1 N–H and O–H groups in total. The molecule has 0 radical (unpaired) electrons. The van der Waals surface area contributed by atoms with E-state index in [0.717, 1.165) is 6.07 Å². The molecule has 0 aliphatic rings. The summed E-state index contributed by atoms with van der Waals surface area (Å²) in [5, 5.41) is 17.0. The predicted octanol–water partition coefficient (Wildman–Crippen LogP) is 2.22. The zero-order valence-corrected chi connectivity index (χ0v) is 10.8. The van der Waals surface area contributed by atoms with Gasteiger partial charge in [0.1, 0.15) is 24.1 Å². The third-order valence-corrected chi connectivity index (χ3v) is 2.86. The second-order valence-electron chi connectivity index (χ2n) is 4.57. The van der Waals surface area contributed by atoms with Gasteiger partial charge < -0.3 is 9.67 Å². The van der Waals surface area contributed by atoms with E-state index in [1.54, 1.807) is 4.57 Å². The molecule has 4 nitrogen and oxygen atoms in total. The predicted molar refractivity (Wildman–Crippen MR) is 65.5 cm³/mol.